The number of para-hydroxylation sites is 2. The number of carbonyl (C=O) groups excluding carboxylic acids is 1. The van der Waals surface area contributed by atoms with Gasteiger partial charge in [0, 0.05) is 11.1 Å². The molecule has 0 aliphatic rings. The first kappa shape index (κ1) is 13.9. The SMILES string of the molecule is NC(=O)CNC(c1ccccc1O)c1ccccc1O. The molecule has 1 amide bonds. The van der Waals surface area contributed by atoms with Gasteiger partial charge < -0.3 is 15.9 Å². The van der Waals surface area contributed by atoms with E-state index in [0.29, 0.717) is 11.1 Å². The Bertz CT molecular complexity index is 568. The quantitative estimate of drug-likeness (QED) is 0.659. The van der Waals surface area contributed by atoms with Crippen LogP contribution < -0.4 is 11.1 Å². The van der Waals surface area contributed by atoms with Crippen molar-refractivity contribution in [1.82, 2.24) is 5.32 Å². The van der Waals surface area contributed by atoms with Gasteiger partial charge in [-0.25, -0.2) is 0 Å². The summed E-state index contributed by atoms with van der Waals surface area (Å²) in [5, 5.41) is 22.9. The Morgan fingerprint density at radius 1 is 1.00 bits per heavy atom. The minimum atomic E-state index is -0.523. The van der Waals surface area contributed by atoms with E-state index < -0.39 is 11.9 Å². The molecule has 5 N–H and O–H groups in total. The highest BCUT2D eigenvalue weighted by Gasteiger charge is 2.20. The van der Waals surface area contributed by atoms with E-state index in [1.807, 2.05) is 0 Å². The molecule has 0 radical (unpaired) electrons. The Morgan fingerprint density at radius 3 is 1.85 bits per heavy atom. The number of primary amides is 1. The van der Waals surface area contributed by atoms with Gasteiger partial charge in [0.15, 0.2) is 0 Å². The lowest BCUT2D eigenvalue weighted by Gasteiger charge is -2.20. The van der Waals surface area contributed by atoms with Crippen LogP contribution in [0.15, 0.2) is 48.5 Å². The molecule has 0 aliphatic carbocycles. The van der Waals surface area contributed by atoms with Gasteiger partial charge in [-0.3, -0.25) is 10.1 Å². The van der Waals surface area contributed by atoms with E-state index in [1.165, 1.54) is 0 Å². The summed E-state index contributed by atoms with van der Waals surface area (Å²) < 4.78 is 0. The first-order chi connectivity index (χ1) is 9.59. The number of hydrogen-bond donors (Lipinski definition) is 4. The molecule has 0 heterocycles. The molecule has 0 atom stereocenters. The summed E-state index contributed by atoms with van der Waals surface area (Å²) >= 11 is 0. The molecule has 0 aliphatic heterocycles. The van der Waals surface area contributed by atoms with Crippen molar-refractivity contribution in [2.75, 3.05) is 6.54 Å². The van der Waals surface area contributed by atoms with E-state index in [2.05, 4.69) is 5.32 Å². The van der Waals surface area contributed by atoms with Crippen molar-refractivity contribution in [2.24, 2.45) is 5.73 Å². The molecule has 0 bridgehead atoms. The number of nitrogens with two attached hydrogens (primary N) is 1. The predicted octanol–water partition coefficient (Wildman–Crippen LogP) is 1.26. The first-order valence-corrected chi connectivity index (χ1v) is 6.17. The molecule has 20 heavy (non-hydrogen) atoms. The van der Waals surface area contributed by atoms with Gasteiger partial charge in [0.2, 0.25) is 5.91 Å². The van der Waals surface area contributed by atoms with Crippen LogP contribution in [0.25, 0.3) is 0 Å². The van der Waals surface area contributed by atoms with Crippen LogP contribution in [0.3, 0.4) is 0 Å². The molecular weight excluding hydrogens is 256 g/mol. The zero-order valence-electron chi connectivity index (χ0n) is 10.8. The standard InChI is InChI=1S/C15H16N2O3/c16-14(20)9-17-15(10-5-1-3-7-12(10)18)11-6-2-4-8-13(11)19/h1-8,15,17-19H,9H2,(H2,16,20). The number of carbonyl (C=O) groups is 1. The van der Waals surface area contributed by atoms with Crippen LogP contribution in [-0.2, 0) is 4.79 Å². The van der Waals surface area contributed by atoms with Gasteiger partial charge in [-0.1, -0.05) is 36.4 Å². The smallest absolute Gasteiger partial charge is 0.231 e. The second-order valence-corrected chi connectivity index (χ2v) is 4.40. The fraction of sp³-hybridized carbons (Fsp3) is 0.133. The van der Waals surface area contributed by atoms with E-state index >= 15 is 0 Å². The lowest BCUT2D eigenvalue weighted by atomic mass is 9.97. The monoisotopic (exact) mass is 272 g/mol. The Hall–Kier alpha value is -2.53. The third kappa shape index (κ3) is 3.07. The van der Waals surface area contributed by atoms with E-state index in [0.717, 1.165) is 0 Å². The minimum absolute atomic E-state index is 0.0622. The maximum Gasteiger partial charge on any atom is 0.231 e. The zero-order valence-corrected chi connectivity index (χ0v) is 10.8. The van der Waals surface area contributed by atoms with Crippen molar-refractivity contribution < 1.29 is 15.0 Å². The van der Waals surface area contributed by atoms with E-state index in [9.17, 15) is 15.0 Å². The zero-order chi connectivity index (χ0) is 14.5. The maximum atomic E-state index is 11.0. The lowest BCUT2D eigenvalue weighted by Crippen LogP contribution is -2.32. The van der Waals surface area contributed by atoms with Crippen LogP contribution in [0.1, 0.15) is 17.2 Å². The molecule has 0 saturated carbocycles. The van der Waals surface area contributed by atoms with E-state index in [-0.39, 0.29) is 18.0 Å². The molecule has 2 aromatic rings. The maximum absolute atomic E-state index is 11.0. The van der Waals surface area contributed by atoms with Gasteiger partial charge in [-0.05, 0) is 12.1 Å². The number of aromatic hydroxyl groups is 2. The average molecular weight is 272 g/mol. The molecule has 5 heteroatoms. The summed E-state index contributed by atoms with van der Waals surface area (Å²) in [6, 6.07) is 13.0. The third-order valence-corrected chi connectivity index (χ3v) is 2.98. The van der Waals surface area contributed by atoms with Crippen molar-refractivity contribution in [3.8, 4) is 11.5 Å². The Morgan fingerprint density at radius 2 is 1.45 bits per heavy atom. The number of nitrogens with one attached hydrogen (secondary N) is 1. The van der Waals surface area contributed by atoms with Gasteiger partial charge in [0.1, 0.15) is 11.5 Å². The fourth-order valence-corrected chi connectivity index (χ4v) is 2.05. The van der Waals surface area contributed by atoms with Gasteiger partial charge >= 0.3 is 0 Å². The first-order valence-electron chi connectivity index (χ1n) is 6.17. The molecule has 0 spiro atoms. The van der Waals surface area contributed by atoms with Crippen LogP contribution in [0, 0.1) is 0 Å². The number of rotatable bonds is 5. The lowest BCUT2D eigenvalue weighted by molar-refractivity contribution is -0.117. The second kappa shape index (κ2) is 6.08. The van der Waals surface area contributed by atoms with Crippen molar-refractivity contribution in [1.29, 1.82) is 0 Å². The van der Waals surface area contributed by atoms with Crippen LogP contribution in [0.5, 0.6) is 11.5 Å². The highest BCUT2D eigenvalue weighted by atomic mass is 16.3. The molecule has 0 unspecified atom stereocenters. The summed E-state index contributed by atoms with van der Waals surface area (Å²) in [6.07, 6.45) is 0. The summed E-state index contributed by atoms with van der Waals surface area (Å²) in [6.45, 7) is -0.0622. The third-order valence-electron chi connectivity index (χ3n) is 2.98. The molecule has 5 nitrogen and oxygen atoms in total. The molecular formula is C15H16N2O3. The highest BCUT2D eigenvalue weighted by Crippen LogP contribution is 2.33. The van der Waals surface area contributed by atoms with E-state index in [4.69, 9.17) is 5.73 Å². The largest absolute Gasteiger partial charge is 0.508 e. The van der Waals surface area contributed by atoms with Crippen molar-refractivity contribution in [2.45, 2.75) is 6.04 Å². The molecule has 0 aromatic heterocycles. The summed E-state index contributed by atoms with van der Waals surface area (Å²) in [7, 11) is 0. The van der Waals surface area contributed by atoms with Crippen LogP contribution in [0.2, 0.25) is 0 Å². The van der Waals surface area contributed by atoms with Crippen LogP contribution >= 0.6 is 0 Å². The number of phenolic OH excluding ortho intramolecular Hbond substituents is 2. The number of hydrogen-bond acceptors (Lipinski definition) is 4. The number of benzene rings is 2. The molecule has 0 saturated heterocycles. The Labute approximate surface area is 116 Å². The number of phenols is 2. The highest BCUT2D eigenvalue weighted by molar-refractivity contribution is 5.76. The molecule has 2 aromatic carbocycles. The Kier molecular flexibility index (Phi) is 4.22. The second-order valence-electron chi connectivity index (χ2n) is 4.40. The van der Waals surface area contributed by atoms with Crippen molar-refractivity contribution in [3.63, 3.8) is 0 Å². The van der Waals surface area contributed by atoms with Gasteiger partial charge in [0.05, 0.1) is 12.6 Å². The summed E-state index contributed by atoms with van der Waals surface area (Å²) in [4.78, 5) is 11.0. The topological polar surface area (TPSA) is 95.6 Å². The van der Waals surface area contributed by atoms with Crippen LogP contribution in [0.4, 0.5) is 0 Å². The molecule has 104 valence electrons. The van der Waals surface area contributed by atoms with Gasteiger partial charge in [0.25, 0.3) is 0 Å². The van der Waals surface area contributed by atoms with Crippen molar-refractivity contribution >= 4 is 5.91 Å². The predicted molar refractivity (Wildman–Crippen MR) is 75.3 cm³/mol. The minimum Gasteiger partial charge on any atom is -0.508 e. The molecule has 0 fully saturated rings. The number of amides is 1. The van der Waals surface area contributed by atoms with Gasteiger partial charge in [-0.15, -0.1) is 0 Å². The Balaban J connectivity index is 2.42. The average Bonchev–Trinajstić information content (AvgIpc) is 2.42. The van der Waals surface area contributed by atoms with Crippen molar-refractivity contribution in [3.05, 3.63) is 59.7 Å². The normalized spacial score (nSPS) is 10.7. The van der Waals surface area contributed by atoms with Crippen LogP contribution in [-0.4, -0.2) is 22.7 Å². The van der Waals surface area contributed by atoms with Gasteiger partial charge in [-0.2, -0.15) is 0 Å². The molecule has 2 rings (SSSR count). The fourth-order valence-electron chi connectivity index (χ4n) is 2.05. The van der Waals surface area contributed by atoms with E-state index in [1.54, 1.807) is 48.5 Å². The summed E-state index contributed by atoms with van der Waals surface area (Å²) in [5.41, 5.74) is 6.28. The summed E-state index contributed by atoms with van der Waals surface area (Å²) in [5.74, 6) is -0.351.